The summed E-state index contributed by atoms with van der Waals surface area (Å²) >= 11 is 6.09. The number of unbranched alkanes of at least 4 members (excludes halogenated alkanes) is 2. The first-order valence-corrected chi connectivity index (χ1v) is 11.4. The third-order valence-corrected chi connectivity index (χ3v) is 5.32. The lowest BCUT2D eigenvalue weighted by atomic mass is 10.1. The van der Waals surface area contributed by atoms with Crippen molar-refractivity contribution in [2.75, 3.05) is 18.4 Å². The molecule has 168 valence electrons. The molecule has 0 amide bonds. The molecule has 0 aliphatic rings. The number of hydrogen-bond donors (Lipinski definition) is 3. The number of H-pyrrole nitrogens is 1. The first kappa shape index (κ1) is 23.4. The number of nitriles is 1. The van der Waals surface area contributed by atoms with Crippen molar-refractivity contribution >= 4 is 23.1 Å². The number of benzene rings is 1. The molecule has 0 unspecified atom stereocenters. The molecule has 3 rings (SSSR count). The van der Waals surface area contributed by atoms with Crippen molar-refractivity contribution in [1.29, 1.82) is 5.26 Å². The van der Waals surface area contributed by atoms with Crippen molar-refractivity contribution in [3.8, 4) is 6.07 Å². The molecule has 3 N–H and O–H groups in total. The maximum Gasteiger partial charge on any atom is 0.202 e. The summed E-state index contributed by atoms with van der Waals surface area (Å²) < 4.78 is 1.92. The van der Waals surface area contributed by atoms with Crippen LogP contribution in [0.5, 0.6) is 0 Å². The summed E-state index contributed by atoms with van der Waals surface area (Å²) in [5.41, 5.74) is 4.57. The summed E-state index contributed by atoms with van der Waals surface area (Å²) in [6.45, 7) is 8.63. The van der Waals surface area contributed by atoms with Gasteiger partial charge in [-0.2, -0.15) is 10.4 Å². The average molecular weight is 452 g/mol. The van der Waals surface area contributed by atoms with Crippen LogP contribution in [0.2, 0.25) is 5.28 Å². The van der Waals surface area contributed by atoms with Gasteiger partial charge < -0.3 is 15.6 Å². The van der Waals surface area contributed by atoms with E-state index in [0.29, 0.717) is 17.4 Å². The van der Waals surface area contributed by atoms with Crippen molar-refractivity contribution in [1.82, 2.24) is 25.1 Å². The Morgan fingerprint density at radius 2 is 2.00 bits per heavy atom. The van der Waals surface area contributed by atoms with Crippen molar-refractivity contribution in [3.05, 3.63) is 70.9 Å². The number of aryl methyl sites for hydroxylation is 1. The molecule has 0 radical (unpaired) electrons. The number of aromatic nitrogens is 4. The Hall–Kier alpha value is -3.24. The van der Waals surface area contributed by atoms with Gasteiger partial charge >= 0.3 is 0 Å². The third-order valence-electron chi connectivity index (χ3n) is 5.14. The number of imidazole rings is 1. The summed E-state index contributed by atoms with van der Waals surface area (Å²) in [5, 5.41) is 20.4. The van der Waals surface area contributed by atoms with Crippen LogP contribution >= 0.6 is 11.6 Å². The second-order valence-electron chi connectivity index (χ2n) is 7.75. The molecule has 0 aliphatic heterocycles. The Morgan fingerprint density at radius 3 is 2.75 bits per heavy atom. The van der Waals surface area contributed by atoms with Gasteiger partial charge in [0.2, 0.25) is 5.28 Å². The van der Waals surface area contributed by atoms with Gasteiger partial charge in [0, 0.05) is 19.3 Å². The van der Waals surface area contributed by atoms with Crippen LogP contribution < -0.4 is 10.6 Å². The average Bonchev–Trinajstić information content (AvgIpc) is 3.40. The van der Waals surface area contributed by atoms with E-state index in [-0.39, 0.29) is 0 Å². The minimum atomic E-state index is 0.350. The van der Waals surface area contributed by atoms with Crippen LogP contribution in [0.4, 0.5) is 5.82 Å². The van der Waals surface area contributed by atoms with Gasteiger partial charge in [0.1, 0.15) is 5.69 Å². The standard InChI is InChI=1S/C24H30ClN7/c1-3-4-5-12-27-18(2)22-23(31-24(25)30-22)28-13-6-7-21-15-29-32(17-21)16-20-10-8-19(14-26)9-11-20/h8-11,15,17,27-28H,2-7,12-13,16H2,1H3,(H,30,31). The number of rotatable bonds is 13. The molecule has 0 aliphatic carbocycles. The Morgan fingerprint density at radius 1 is 1.19 bits per heavy atom. The zero-order valence-electron chi connectivity index (χ0n) is 18.5. The van der Waals surface area contributed by atoms with E-state index in [1.54, 1.807) is 0 Å². The van der Waals surface area contributed by atoms with Crippen LogP contribution in [0.3, 0.4) is 0 Å². The number of aromatic amines is 1. The molecule has 7 nitrogen and oxygen atoms in total. The van der Waals surface area contributed by atoms with Gasteiger partial charge in [-0.05, 0) is 54.1 Å². The van der Waals surface area contributed by atoms with Crippen LogP contribution in [-0.4, -0.2) is 32.8 Å². The normalized spacial score (nSPS) is 10.7. The van der Waals surface area contributed by atoms with Gasteiger partial charge in [0.25, 0.3) is 0 Å². The zero-order chi connectivity index (χ0) is 22.8. The number of nitrogens with zero attached hydrogens (tertiary/aromatic N) is 4. The lowest BCUT2D eigenvalue weighted by molar-refractivity contribution is 0.685. The highest BCUT2D eigenvalue weighted by molar-refractivity contribution is 6.28. The van der Waals surface area contributed by atoms with E-state index in [4.69, 9.17) is 16.9 Å². The van der Waals surface area contributed by atoms with E-state index in [9.17, 15) is 0 Å². The smallest absolute Gasteiger partial charge is 0.202 e. The predicted molar refractivity (Wildman–Crippen MR) is 129 cm³/mol. The Balaban J connectivity index is 1.44. The highest BCUT2D eigenvalue weighted by atomic mass is 35.5. The topological polar surface area (TPSA) is 94.3 Å². The minimum Gasteiger partial charge on any atom is -0.384 e. The summed E-state index contributed by atoms with van der Waals surface area (Å²) in [7, 11) is 0. The Kier molecular flexibility index (Phi) is 8.76. The fourth-order valence-corrected chi connectivity index (χ4v) is 3.57. The van der Waals surface area contributed by atoms with E-state index >= 15 is 0 Å². The second-order valence-corrected chi connectivity index (χ2v) is 8.11. The molecule has 2 aromatic heterocycles. The van der Waals surface area contributed by atoms with Crippen LogP contribution in [0.15, 0.2) is 43.2 Å². The SMILES string of the molecule is C=C(NCCCCC)c1[nH]c(Cl)nc1NCCCc1cnn(Cc2ccc(C#N)cc2)c1. The highest BCUT2D eigenvalue weighted by Gasteiger charge is 2.12. The number of anilines is 1. The van der Waals surface area contributed by atoms with E-state index in [2.05, 4.69) is 51.5 Å². The monoisotopic (exact) mass is 451 g/mol. The zero-order valence-corrected chi connectivity index (χ0v) is 19.3. The van der Waals surface area contributed by atoms with E-state index in [1.807, 2.05) is 35.1 Å². The Labute approximate surface area is 194 Å². The quantitative estimate of drug-likeness (QED) is 0.319. The van der Waals surface area contributed by atoms with Gasteiger partial charge in [0.15, 0.2) is 5.82 Å². The van der Waals surface area contributed by atoms with E-state index in [1.165, 1.54) is 18.4 Å². The molecule has 2 heterocycles. The molecule has 32 heavy (non-hydrogen) atoms. The highest BCUT2D eigenvalue weighted by Crippen LogP contribution is 2.21. The molecule has 0 spiro atoms. The molecule has 0 atom stereocenters. The summed E-state index contributed by atoms with van der Waals surface area (Å²) in [5.74, 6) is 0.722. The fraction of sp³-hybridized carbons (Fsp3) is 0.375. The van der Waals surface area contributed by atoms with E-state index < -0.39 is 0 Å². The van der Waals surface area contributed by atoms with Crippen LogP contribution in [0.1, 0.15) is 55.0 Å². The second kappa shape index (κ2) is 12.0. The first-order chi connectivity index (χ1) is 15.6. The van der Waals surface area contributed by atoms with Crippen molar-refractivity contribution < 1.29 is 0 Å². The Bertz CT molecular complexity index is 1040. The van der Waals surface area contributed by atoms with Crippen LogP contribution in [-0.2, 0) is 13.0 Å². The van der Waals surface area contributed by atoms with Crippen molar-refractivity contribution in [2.45, 2.75) is 45.6 Å². The van der Waals surface area contributed by atoms with Gasteiger partial charge in [-0.15, -0.1) is 0 Å². The molecule has 8 heteroatoms. The van der Waals surface area contributed by atoms with Gasteiger partial charge in [-0.25, -0.2) is 4.98 Å². The van der Waals surface area contributed by atoms with Crippen LogP contribution in [0, 0.1) is 11.3 Å². The lowest BCUT2D eigenvalue weighted by Crippen LogP contribution is -2.15. The summed E-state index contributed by atoms with van der Waals surface area (Å²) in [6.07, 6.45) is 9.30. The molecule has 1 aromatic carbocycles. The molecular formula is C24H30ClN7. The van der Waals surface area contributed by atoms with Gasteiger partial charge in [-0.3, -0.25) is 4.68 Å². The number of halogens is 1. The van der Waals surface area contributed by atoms with Crippen molar-refractivity contribution in [3.63, 3.8) is 0 Å². The van der Waals surface area contributed by atoms with Gasteiger partial charge in [0.05, 0.1) is 30.1 Å². The van der Waals surface area contributed by atoms with Crippen molar-refractivity contribution in [2.24, 2.45) is 0 Å². The predicted octanol–water partition coefficient (Wildman–Crippen LogP) is 4.97. The maximum absolute atomic E-state index is 8.90. The van der Waals surface area contributed by atoms with E-state index in [0.717, 1.165) is 55.1 Å². The largest absolute Gasteiger partial charge is 0.384 e. The number of hydrogen-bond acceptors (Lipinski definition) is 5. The fourth-order valence-electron chi connectivity index (χ4n) is 3.39. The summed E-state index contributed by atoms with van der Waals surface area (Å²) in [6, 6.07) is 9.72. The molecular weight excluding hydrogens is 422 g/mol. The molecule has 0 fully saturated rings. The number of nitrogens with one attached hydrogen (secondary N) is 3. The van der Waals surface area contributed by atoms with Gasteiger partial charge in [-0.1, -0.05) is 38.5 Å². The first-order valence-electron chi connectivity index (χ1n) is 11.0. The molecule has 0 saturated carbocycles. The lowest BCUT2D eigenvalue weighted by Gasteiger charge is -2.10. The minimum absolute atomic E-state index is 0.350. The van der Waals surface area contributed by atoms with Crippen LogP contribution in [0.25, 0.3) is 5.70 Å². The third kappa shape index (κ3) is 6.89. The molecule has 0 bridgehead atoms. The maximum atomic E-state index is 8.90. The molecule has 0 saturated heterocycles. The summed E-state index contributed by atoms with van der Waals surface area (Å²) in [4.78, 5) is 7.42. The molecule has 3 aromatic rings.